The quantitative estimate of drug-likeness (QED) is 0.527. The zero-order valence-corrected chi connectivity index (χ0v) is 13.3. The van der Waals surface area contributed by atoms with E-state index in [-0.39, 0.29) is 4.90 Å². The van der Waals surface area contributed by atoms with Crippen LogP contribution in [0.25, 0.3) is 0 Å². The van der Waals surface area contributed by atoms with Gasteiger partial charge in [-0.15, -0.1) is 0 Å². The van der Waals surface area contributed by atoms with Crippen molar-refractivity contribution in [2.75, 3.05) is 0 Å². The SMILES string of the molecule is CCCCCCCCC(C)c1ccc(S(=O)(=O)O)cc1. The maximum Gasteiger partial charge on any atom is 0.294 e. The molecule has 1 N–H and O–H groups in total. The molecule has 1 rings (SSSR count). The van der Waals surface area contributed by atoms with Gasteiger partial charge in [-0.05, 0) is 30.0 Å². The first-order valence-electron chi connectivity index (χ1n) is 7.52. The molecule has 0 aliphatic rings. The van der Waals surface area contributed by atoms with E-state index in [9.17, 15) is 8.42 Å². The minimum Gasteiger partial charge on any atom is -0.282 e. The van der Waals surface area contributed by atoms with Crippen molar-refractivity contribution in [3.05, 3.63) is 29.8 Å². The summed E-state index contributed by atoms with van der Waals surface area (Å²) in [5, 5.41) is 0. The van der Waals surface area contributed by atoms with Crippen molar-refractivity contribution in [2.24, 2.45) is 0 Å². The molecule has 1 aromatic carbocycles. The molecule has 0 saturated carbocycles. The van der Waals surface area contributed by atoms with Gasteiger partial charge in [-0.1, -0.05) is 64.5 Å². The monoisotopic (exact) mass is 298 g/mol. The molecule has 0 aliphatic carbocycles. The normalized spacial score (nSPS) is 13.3. The van der Waals surface area contributed by atoms with Crippen molar-refractivity contribution in [2.45, 2.75) is 69.6 Å². The van der Waals surface area contributed by atoms with Gasteiger partial charge in [-0.3, -0.25) is 4.55 Å². The molecule has 0 radical (unpaired) electrons. The summed E-state index contributed by atoms with van der Waals surface area (Å²) in [5.74, 6) is 0.427. The van der Waals surface area contributed by atoms with E-state index in [0.717, 1.165) is 12.0 Å². The van der Waals surface area contributed by atoms with E-state index in [2.05, 4.69) is 13.8 Å². The second-order valence-electron chi connectivity index (χ2n) is 5.50. The zero-order chi connectivity index (χ0) is 15.0. The Bertz CT molecular complexity index is 477. The summed E-state index contributed by atoms with van der Waals surface area (Å²) < 4.78 is 30.9. The first-order valence-corrected chi connectivity index (χ1v) is 8.96. The molecule has 0 aromatic heterocycles. The highest BCUT2D eigenvalue weighted by Crippen LogP contribution is 2.23. The average molecular weight is 298 g/mol. The highest BCUT2D eigenvalue weighted by Gasteiger charge is 2.10. The third-order valence-electron chi connectivity index (χ3n) is 3.74. The molecule has 114 valence electrons. The second kappa shape index (κ2) is 8.42. The number of hydrogen-bond donors (Lipinski definition) is 1. The van der Waals surface area contributed by atoms with Gasteiger partial charge in [0.25, 0.3) is 10.1 Å². The van der Waals surface area contributed by atoms with Gasteiger partial charge in [0.1, 0.15) is 0 Å². The molecule has 4 heteroatoms. The molecule has 1 unspecified atom stereocenters. The van der Waals surface area contributed by atoms with E-state index >= 15 is 0 Å². The van der Waals surface area contributed by atoms with Gasteiger partial charge in [0, 0.05) is 0 Å². The van der Waals surface area contributed by atoms with E-state index in [1.165, 1.54) is 50.7 Å². The van der Waals surface area contributed by atoms with Crippen LogP contribution < -0.4 is 0 Å². The Balaban J connectivity index is 2.38. The van der Waals surface area contributed by atoms with Gasteiger partial charge in [-0.2, -0.15) is 8.42 Å². The number of benzene rings is 1. The fourth-order valence-corrected chi connectivity index (χ4v) is 2.85. The Hall–Kier alpha value is -0.870. The molecule has 0 aliphatic heterocycles. The van der Waals surface area contributed by atoms with Crippen LogP contribution >= 0.6 is 0 Å². The number of unbranched alkanes of at least 4 members (excludes halogenated alkanes) is 5. The predicted molar refractivity (Wildman–Crippen MR) is 82.7 cm³/mol. The Labute approximate surface area is 123 Å². The summed E-state index contributed by atoms with van der Waals surface area (Å²) >= 11 is 0. The maximum absolute atomic E-state index is 11.0. The van der Waals surface area contributed by atoms with Crippen LogP contribution in [-0.2, 0) is 10.1 Å². The lowest BCUT2D eigenvalue weighted by atomic mass is 9.95. The maximum atomic E-state index is 11.0. The first kappa shape index (κ1) is 17.2. The van der Waals surface area contributed by atoms with Crippen molar-refractivity contribution in [3.8, 4) is 0 Å². The van der Waals surface area contributed by atoms with Crippen LogP contribution in [0.4, 0.5) is 0 Å². The van der Waals surface area contributed by atoms with Crippen molar-refractivity contribution in [1.82, 2.24) is 0 Å². The average Bonchev–Trinajstić information content (AvgIpc) is 2.41. The molecular weight excluding hydrogens is 272 g/mol. The molecule has 20 heavy (non-hydrogen) atoms. The Morgan fingerprint density at radius 1 is 1.00 bits per heavy atom. The molecular formula is C16H26O3S. The summed E-state index contributed by atoms with van der Waals surface area (Å²) in [6.45, 7) is 4.38. The lowest BCUT2D eigenvalue weighted by Crippen LogP contribution is -1.99. The van der Waals surface area contributed by atoms with E-state index in [4.69, 9.17) is 4.55 Å². The van der Waals surface area contributed by atoms with E-state index in [1.54, 1.807) is 12.1 Å². The van der Waals surface area contributed by atoms with Crippen LogP contribution in [0.1, 0.15) is 70.3 Å². The van der Waals surface area contributed by atoms with Crippen molar-refractivity contribution < 1.29 is 13.0 Å². The summed E-state index contributed by atoms with van der Waals surface area (Å²) in [6, 6.07) is 6.54. The van der Waals surface area contributed by atoms with Gasteiger partial charge in [0.2, 0.25) is 0 Å². The molecule has 1 atom stereocenters. The molecule has 0 saturated heterocycles. The lowest BCUT2D eigenvalue weighted by molar-refractivity contribution is 0.483. The smallest absolute Gasteiger partial charge is 0.282 e. The highest BCUT2D eigenvalue weighted by atomic mass is 32.2. The van der Waals surface area contributed by atoms with E-state index < -0.39 is 10.1 Å². The van der Waals surface area contributed by atoms with Gasteiger partial charge in [0.15, 0.2) is 0 Å². The van der Waals surface area contributed by atoms with Crippen molar-refractivity contribution in [1.29, 1.82) is 0 Å². The first-order chi connectivity index (χ1) is 9.45. The molecule has 0 heterocycles. The predicted octanol–water partition coefficient (Wildman–Crippen LogP) is 4.79. The van der Waals surface area contributed by atoms with Gasteiger partial charge < -0.3 is 0 Å². The number of hydrogen-bond acceptors (Lipinski definition) is 2. The Morgan fingerprint density at radius 3 is 2.10 bits per heavy atom. The third-order valence-corrected chi connectivity index (χ3v) is 4.61. The summed E-state index contributed by atoms with van der Waals surface area (Å²) in [7, 11) is -4.08. The summed E-state index contributed by atoms with van der Waals surface area (Å²) in [6.07, 6.45) is 8.84. The Morgan fingerprint density at radius 2 is 1.55 bits per heavy atom. The topological polar surface area (TPSA) is 54.4 Å². The van der Waals surface area contributed by atoms with Crippen molar-refractivity contribution in [3.63, 3.8) is 0 Å². The minimum absolute atomic E-state index is 0.0342. The standard InChI is InChI=1S/C16H26O3S/c1-3-4-5-6-7-8-9-14(2)15-10-12-16(13-11-15)20(17,18)19/h10-14H,3-9H2,1-2H3,(H,17,18,19). The third kappa shape index (κ3) is 6.06. The lowest BCUT2D eigenvalue weighted by Gasteiger charge is -2.12. The fourth-order valence-electron chi connectivity index (χ4n) is 2.37. The number of rotatable bonds is 9. The van der Waals surface area contributed by atoms with Crippen LogP contribution in [0.5, 0.6) is 0 Å². The Kier molecular flexibility index (Phi) is 7.24. The largest absolute Gasteiger partial charge is 0.294 e. The van der Waals surface area contributed by atoms with Crippen molar-refractivity contribution >= 4 is 10.1 Å². The molecule has 0 spiro atoms. The molecule has 1 aromatic rings. The van der Waals surface area contributed by atoms with E-state index in [0.29, 0.717) is 5.92 Å². The zero-order valence-electron chi connectivity index (χ0n) is 12.5. The molecule has 0 amide bonds. The van der Waals surface area contributed by atoms with Crippen LogP contribution in [-0.4, -0.2) is 13.0 Å². The molecule has 0 fully saturated rings. The van der Waals surface area contributed by atoms with Crippen LogP contribution in [0.2, 0.25) is 0 Å². The minimum atomic E-state index is -4.08. The highest BCUT2D eigenvalue weighted by molar-refractivity contribution is 7.85. The van der Waals surface area contributed by atoms with Crippen LogP contribution in [0.15, 0.2) is 29.2 Å². The summed E-state index contributed by atoms with van der Waals surface area (Å²) in [4.78, 5) is -0.0342. The molecule has 3 nitrogen and oxygen atoms in total. The van der Waals surface area contributed by atoms with Crippen LogP contribution in [0.3, 0.4) is 0 Å². The van der Waals surface area contributed by atoms with Gasteiger partial charge in [0.05, 0.1) is 4.90 Å². The van der Waals surface area contributed by atoms with Gasteiger partial charge in [-0.25, -0.2) is 0 Å². The fraction of sp³-hybridized carbons (Fsp3) is 0.625. The van der Waals surface area contributed by atoms with Crippen LogP contribution in [0, 0.1) is 0 Å². The van der Waals surface area contributed by atoms with Gasteiger partial charge >= 0.3 is 0 Å². The molecule has 0 bridgehead atoms. The summed E-state index contributed by atoms with van der Waals surface area (Å²) in [5.41, 5.74) is 1.13. The van der Waals surface area contributed by atoms with E-state index in [1.807, 2.05) is 0 Å². The second-order valence-corrected chi connectivity index (χ2v) is 6.92.